The van der Waals surface area contributed by atoms with Gasteiger partial charge >= 0.3 is 17.4 Å². The largest absolute Gasteiger partial charge is 3.00 e. The zero-order valence-electron chi connectivity index (χ0n) is 11.5. The van der Waals surface area contributed by atoms with E-state index in [1.54, 1.807) is 0 Å². The van der Waals surface area contributed by atoms with Crippen LogP contribution in [0.2, 0.25) is 0 Å². The molecule has 0 saturated heterocycles. The Morgan fingerprint density at radius 2 is 0.667 bits per heavy atom. The van der Waals surface area contributed by atoms with Crippen LogP contribution < -0.4 is 0 Å². The van der Waals surface area contributed by atoms with E-state index in [1.165, 1.54) is 43.1 Å². The van der Waals surface area contributed by atoms with Gasteiger partial charge in [-0.3, -0.25) is 0 Å². The Bertz CT molecular complexity index is 923. The van der Waals surface area contributed by atoms with Gasteiger partial charge in [0.15, 0.2) is 0 Å². The minimum atomic E-state index is 0. The molecule has 0 spiro atoms. The summed E-state index contributed by atoms with van der Waals surface area (Å²) < 4.78 is 0. The van der Waals surface area contributed by atoms with Crippen LogP contribution in [0.15, 0.2) is 72.8 Å². The van der Waals surface area contributed by atoms with Crippen LogP contribution in [-0.2, 0) is 0 Å². The molecule has 21 heavy (non-hydrogen) atoms. The van der Waals surface area contributed by atoms with Crippen molar-refractivity contribution in [2.24, 2.45) is 0 Å². The third-order valence-electron chi connectivity index (χ3n) is 4.39. The average Bonchev–Trinajstić information content (AvgIpc) is 2.52. The molecule has 5 aromatic rings. The molecule has 0 aliphatic rings. The van der Waals surface area contributed by atoms with Crippen molar-refractivity contribution in [3.63, 3.8) is 0 Å². The Labute approximate surface area is 133 Å². The first-order valence-corrected chi connectivity index (χ1v) is 6.98. The molecular formula is C20H12Al+3. The van der Waals surface area contributed by atoms with Crippen molar-refractivity contribution in [3.8, 4) is 0 Å². The summed E-state index contributed by atoms with van der Waals surface area (Å²) in [4.78, 5) is 0. The van der Waals surface area contributed by atoms with Crippen LogP contribution in [0.1, 0.15) is 0 Å². The van der Waals surface area contributed by atoms with Crippen molar-refractivity contribution < 1.29 is 0 Å². The maximum absolute atomic E-state index is 2.25. The number of fused-ring (bicyclic) bond motifs is 2. The van der Waals surface area contributed by atoms with Gasteiger partial charge < -0.3 is 0 Å². The van der Waals surface area contributed by atoms with Gasteiger partial charge in [-0.25, -0.2) is 0 Å². The van der Waals surface area contributed by atoms with E-state index in [-0.39, 0.29) is 17.4 Å². The molecule has 0 unspecified atom stereocenters. The first-order valence-electron chi connectivity index (χ1n) is 6.98. The summed E-state index contributed by atoms with van der Waals surface area (Å²) in [5, 5.41) is 10.9. The molecule has 0 nitrogen and oxygen atoms in total. The fraction of sp³-hybridized carbons (Fsp3) is 0. The molecule has 0 fully saturated rings. The van der Waals surface area contributed by atoms with Gasteiger partial charge in [0, 0.05) is 0 Å². The maximum Gasteiger partial charge on any atom is 3.00 e. The van der Waals surface area contributed by atoms with Crippen LogP contribution in [0.4, 0.5) is 0 Å². The Morgan fingerprint density at radius 3 is 0.952 bits per heavy atom. The Morgan fingerprint density at radius 1 is 0.381 bits per heavy atom. The van der Waals surface area contributed by atoms with E-state index in [9.17, 15) is 0 Å². The minimum absolute atomic E-state index is 0. The molecule has 5 aromatic carbocycles. The van der Waals surface area contributed by atoms with Crippen molar-refractivity contribution >= 4 is 60.5 Å². The molecule has 0 aliphatic heterocycles. The van der Waals surface area contributed by atoms with Crippen LogP contribution >= 0.6 is 0 Å². The summed E-state index contributed by atoms with van der Waals surface area (Å²) in [6.45, 7) is 0. The standard InChI is InChI=1S/C20H12.Al/c1-5-13-6-2-11-17-18-12-4-8-14-7-3-10-16(20(14)18)15(9-1)19(13)17;/h1-12H;/q;+3. The first kappa shape index (κ1) is 12.7. The second-order valence-electron chi connectivity index (χ2n) is 5.42. The van der Waals surface area contributed by atoms with Gasteiger partial charge in [-0.1, -0.05) is 72.8 Å². The van der Waals surface area contributed by atoms with Crippen LogP contribution in [-0.4, -0.2) is 17.4 Å². The molecule has 0 radical (unpaired) electrons. The van der Waals surface area contributed by atoms with Gasteiger partial charge in [0.1, 0.15) is 0 Å². The molecule has 0 amide bonds. The summed E-state index contributed by atoms with van der Waals surface area (Å²) in [7, 11) is 0. The Hall–Kier alpha value is -2.07. The fourth-order valence-corrected chi connectivity index (χ4v) is 3.58. The van der Waals surface area contributed by atoms with Gasteiger partial charge in [0.2, 0.25) is 0 Å². The molecule has 92 valence electrons. The van der Waals surface area contributed by atoms with E-state index in [0.717, 1.165) is 0 Å². The van der Waals surface area contributed by atoms with E-state index >= 15 is 0 Å². The minimum Gasteiger partial charge on any atom is -0.0610 e. The van der Waals surface area contributed by atoms with E-state index < -0.39 is 0 Å². The molecule has 0 saturated carbocycles. The maximum atomic E-state index is 2.25. The van der Waals surface area contributed by atoms with Gasteiger partial charge in [-0.2, -0.15) is 0 Å². The monoisotopic (exact) mass is 279 g/mol. The average molecular weight is 279 g/mol. The van der Waals surface area contributed by atoms with Crippen LogP contribution in [0, 0.1) is 0 Å². The predicted molar refractivity (Wildman–Crippen MR) is 93.4 cm³/mol. The van der Waals surface area contributed by atoms with Gasteiger partial charge in [0.25, 0.3) is 0 Å². The zero-order chi connectivity index (χ0) is 13.1. The van der Waals surface area contributed by atoms with Crippen molar-refractivity contribution in [2.75, 3.05) is 0 Å². The van der Waals surface area contributed by atoms with Crippen molar-refractivity contribution in [1.82, 2.24) is 0 Å². The number of rotatable bonds is 0. The van der Waals surface area contributed by atoms with E-state index in [2.05, 4.69) is 72.8 Å². The molecule has 0 atom stereocenters. The normalized spacial score (nSPS) is 11.4. The van der Waals surface area contributed by atoms with Crippen LogP contribution in [0.5, 0.6) is 0 Å². The van der Waals surface area contributed by atoms with Crippen molar-refractivity contribution in [1.29, 1.82) is 0 Å². The Kier molecular flexibility index (Phi) is 2.69. The van der Waals surface area contributed by atoms with E-state index in [0.29, 0.717) is 0 Å². The second kappa shape index (κ2) is 4.47. The van der Waals surface area contributed by atoms with Gasteiger partial charge in [0.05, 0.1) is 0 Å². The van der Waals surface area contributed by atoms with Gasteiger partial charge in [-0.15, -0.1) is 0 Å². The smallest absolute Gasteiger partial charge is 0.0610 e. The molecule has 0 aromatic heterocycles. The van der Waals surface area contributed by atoms with Gasteiger partial charge in [-0.05, 0) is 43.1 Å². The topological polar surface area (TPSA) is 0 Å². The first-order chi connectivity index (χ1) is 9.93. The van der Waals surface area contributed by atoms with E-state index in [4.69, 9.17) is 0 Å². The zero-order valence-corrected chi connectivity index (χ0v) is 12.7. The van der Waals surface area contributed by atoms with Crippen LogP contribution in [0.3, 0.4) is 0 Å². The quantitative estimate of drug-likeness (QED) is 0.203. The van der Waals surface area contributed by atoms with Crippen LogP contribution in [0.25, 0.3) is 43.1 Å². The molecular weight excluding hydrogens is 267 g/mol. The van der Waals surface area contributed by atoms with E-state index in [1.807, 2.05) is 0 Å². The molecule has 0 heterocycles. The summed E-state index contributed by atoms with van der Waals surface area (Å²) >= 11 is 0. The summed E-state index contributed by atoms with van der Waals surface area (Å²) in [6, 6.07) is 26.4. The summed E-state index contributed by atoms with van der Waals surface area (Å²) in [5.41, 5.74) is 0. The molecule has 5 rings (SSSR count). The second-order valence-corrected chi connectivity index (χ2v) is 5.42. The number of hydrogen-bond donors (Lipinski definition) is 0. The molecule has 0 bridgehead atoms. The molecule has 0 aliphatic carbocycles. The number of hydrogen-bond acceptors (Lipinski definition) is 0. The molecule has 1 heteroatoms. The predicted octanol–water partition coefficient (Wildman–Crippen LogP) is 5.36. The summed E-state index contributed by atoms with van der Waals surface area (Å²) in [6.07, 6.45) is 0. The third-order valence-corrected chi connectivity index (χ3v) is 4.39. The number of benzene rings is 5. The fourth-order valence-electron chi connectivity index (χ4n) is 3.58. The SMILES string of the molecule is [Al+3].c1cc2cccc3c4cccc5cccc(c(c1)c23)c54. The van der Waals surface area contributed by atoms with Crippen molar-refractivity contribution in [2.45, 2.75) is 0 Å². The van der Waals surface area contributed by atoms with Crippen molar-refractivity contribution in [3.05, 3.63) is 72.8 Å². The third kappa shape index (κ3) is 1.56. The summed E-state index contributed by atoms with van der Waals surface area (Å²) in [5.74, 6) is 0. The Balaban J connectivity index is 0.00000115. The molecule has 0 N–H and O–H groups in total.